The van der Waals surface area contributed by atoms with Crippen LogP contribution in [0.4, 0.5) is 0 Å². The molecule has 0 amide bonds. The van der Waals surface area contributed by atoms with E-state index in [2.05, 4.69) is 29.3 Å². The van der Waals surface area contributed by atoms with Crippen LogP contribution in [-0.2, 0) is 13.1 Å². The highest BCUT2D eigenvalue weighted by Gasteiger charge is 2.10. The van der Waals surface area contributed by atoms with E-state index in [9.17, 15) is 0 Å². The number of nitrogens with one attached hydrogen (secondary N) is 1. The minimum absolute atomic E-state index is 1.04. The molecule has 1 saturated heterocycles. The first-order valence-corrected chi connectivity index (χ1v) is 8.21. The molecule has 0 unspecified atom stereocenters. The molecule has 1 aromatic heterocycles. The van der Waals surface area contributed by atoms with Crippen LogP contribution in [0.1, 0.15) is 48.8 Å². The maximum atomic E-state index is 3.48. The maximum Gasteiger partial charge on any atom is 0.0328 e. The lowest BCUT2D eigenvalue weighted by molar-refractivity contribution is 0.279. The van der Waals surface area contributed by atoms with Gasteiger partial charge in [0.2, 0.25) is 0 Å². The van der Waals surface area contributed by atoms with Gasteiger partial charge in [0.1, 0.15) is 0 Å². The molecule has 2 heterocycles. The first-order valence-electron chi connectivity index (χ1n) is 7.39. The summed E-state index contributed by atoms with van der Waals surface area (Å²) in [6, 6.07) is 4.61. The number of rotatable bonds is 6. The molecule has 0 atom stereocenters. The van der Waals surface area contributed by atoms with E-state index < -0.39 is 0 Å². The number of hydrogen-bond acceptors (Lipinski definition) is 3. The predicted molar refractivity (Wildman–Crippen MR) is 80.1 cm³/mol. The van der Waals surface area contributed by atoms with Crippen LogP contribution in [0.15, 0.2) is 12.1 Å². The van der Waals surface area contributed by atoms with Crippen molar-refractivity contribution in [3.63, 3.8) is 0 Å². The third kappa shape index (κ3) is 4.71. The molecule has 0 radical (unpaired) electrons. The Morgan fingerprint density at radius 1 is 1.11 bits per heavy atom. The Morgan fingerprint density at radius 3 is 2.56 bits per heavy atom. The molecular weight excluding hydrogens is 240 g/mol. The second kappa shape index (κ2) is 7.93. The second-order valence-corrected chi connectivity index (χ2v) is 6.49. The third-order valence-corrected chi connectivity index (χ3v) is 4.59. The fraction of sp³-hybridized carbons (Fsp3) is 0.733. The van der Waals surface area contributed by atoms with Crippen LogP contribution in [0.5, 0.6) is 0 Å². The Labute approximate surface area is 115 Å². The summed E-state index contributed by atoms with van der Waals surface area (Å²) in [7, 11) is 0. The molecule has 0 aromatic carbocycles. The van der Waals surface area contributed by atoms with Crippen molar-refractivity contribution in [2.24, 2.45) is 0 Å². The average Bonchev–Trinajstić information content (AvgIpc) is 2.65. The van der Waals surface area contributed by atoms with Crippen molar-refractivity contribution in [3.05, 3.63) is 21.9 Å². The summed E-state index contributed by atoms with van der Waals surface area (Å²) >= 11 is 1.98. The molecule has 2 nitrogen and oxygen atoms in total. The molecule has 0 aliphatic carbocycles. The van der Waals surface area contributed by atoms with Crippen LogP contribution in [0.25, 0.3) is 0 Å². The van der Waals surface area contributed by atoms with Gasteiger partial charge >= 0.3 is 0 Å². The van der Waals surface area contributed by atoms with Crippen LogP contribution in [0.3, 0.4) is 0 Å². The Kier molecular flexibility index (Phi) is 6.18. The van der Waals surface area contributed by atoms with Gasteiger partial charge in [-0.2, -0.15) is 0 Å². The Bertz CT molecular complexity index is 327. The fourth-order valence-electron chi connectivity index (χ4n) is 2.51. The third-order valence-electron chi connectivity index (χ3n) is 3.52. The largest absolute Gasteiger partial charge is 0.312 e. The summed E-state index contributed by atoms with van der Waals surface area (Å²) < 4.78 is 0. The highest BCUT2D eigenvalue weighted by atomic mass is 32.1. The van der Waals surface area contributed by atoms with Crippen molar-refractivity contribution >= 4 is 11.3 Å². The molecule has 1 aliphatic rings. The van der Waals surface area contributed by atoms with Gasteiger partial charge in [-0.3, -0.25) is 4.90 Å². The molecule has 18 heavy (non-hydrogen) atoms. The maximum absolute atomic E-state index is 3.48. The molecular formula is C15H26N2S. The lowest BCUT2D eigenvalue weighted by atomic mass is 10.2. The zero-order valence-corrected chi connectivity index (χ0v) is 12.4. The van der Waals surface area contributed by atoms with Crippen LogP contribution < -0.4 is 5.32 Å². The van der Waals surface area contributed by atoms with Gasteiger partial charge in [-0.1, -0.05) is 19.8 Å². The summed E-state index contributed by atoms with van der Waals surface area (Å²) in [5.41, 5.74) is 0. The van der Waals surface area contributed by atoms with Crippen molar-refractivity contribution in [1.82, 2.24) is 10.2 Å². The van der Waals surface area contributed by atoms with Gasteiger partial charge in [0.15, 0.2) is 0 Å². The standard InChI is InChI=1S/C15H26N2S/c1-2-9-16-12-14-7-8-15(18-14)13-17-10-5-3-4-6-11-17/h7-8,16H,2-6,9-13H2,1H3. The van der Waals surface area contributed by atoms with E-state index in [4.69, 9.17) is 0 Å². The zero-order valence-electron chi connectivity index (χ0n) is 11.6. The summed E-state index contributed by atoms with van der Waals surface area (Å²) in [4.78, 5) is 5.64. The van der Waals surface area contributed by atoms with Crippen LogP contribution >= 0.6 is 11.3 Å². The van der Waals surface area contributed by atoms with Crippen molar-refractivity contribution < 1.29 is 0 Å². The van der Waals surface area contributed by atoms with E-state index in [-0.39, 0.29) is 0 Å². The van der Waals surface area contributed by atoms with Crippen LogP contribution in [0, 0.1) is 0 Å². The highest BCUT2D eigenvalue weighted by Crippen LogP contribution is 2.20. The van der Waals surface area contributed by atoms with Crippen molar-refractivity contribution in [2.75, 3.05) is 19.6 Å². The molecule has 102 valence electrons. The SMILES string of the molecule is CCCNCc1ccc(CN2CCCCCC2)s1. The molecule has 1 fully saturated rings. The lowest BCUT2D eigenvalue weighted by Gasteiger charge is -2.18. The molecule has 1 aliphatic heterocycles. The van der Waals surface area contributed by atoms with Crippen molar-refractivity contribution in [1.29, 1.82) is 0 Å². The van der Waals surface area contributed by atoms with Gasteiger partial charge in [0, 0.05) is 22.8 Å². The van der Waals surface area contributed by atoms with Gasteiger partial charge in [-0.05, 0) is 51.0 Å². The Hall–Kier alpha value is -0.380. The number of likely N-dealkylation sites (tertiary alicyclic amines) is 1. The minimum Gasteiger partial charge on any atom is -0.312 e. The predicted octanol–water partition coefficient (Wildman–Crippen LogP) is 3.62. The molecule has 2 rings (SSSR count). The van der Waals surface area contributed by atoms with E-state index in [0.29, 0.717) is 0 Å². The van der Waals surface area contributed by atoms with Crippen molar-refractivity contribution in [3.8, 4) is 0 Å². The second-order valence-electron chi connectivity index (χ2n) is 5.24. The summed E-state index contributed by atoms with van der Waals surface area (Å²) in [6.45, 7) is 8.13. The molecule has 0 spiro atoms. The van der Waals surface area contributed by atoms with Gasteiger partial charge in [0.05, 0.1) is 0 Å². The number of thiophene rings is 1. The fourth-order valence-corrected chi connectivity index (χ4v) is 3.54. The van der Waals surface area contributed by atoms with Gasteiger partial charge in [-0.15, -0.1) is 11.3 Å². The molecule has 1 aromatic rings. The van der Waals surface area contributed by atoms with E-state index >= 15 is 0 Å². The average molecular weight is 266 g/mol. The number of nitrogens with zero attached hydrogens (tertiary/aromatic N) is 1. The monoisotopic (exact) mass is 266 g/mol. The zero-order chi connectivity index (χ0) is 12.6. The van der Waals surface area contributed by atoms with Crippen LogP contribution in [-0.4, -0.2) is 24.5 Å². The number of hydrogen-bond donors (Lipinski definition) is 1. The highest BCUT2D eigenvalue weighted by molar-refractivity contribution is 7.11. The normalized spacial score (nSPS) is 17.8. The summed E-state index contributed by atoms with van der Waals surface area (Å²) in [5.74, 6) is 0. The quantitative estimate of drug-likeness (QED) is 0.791. The van der Waals surface area contributed by atoms with E-state index in [1.54, 1.807) is 0 Å². The van der Waals surface area contributed by atoms with Gasteiger partial charge in [0.25, 0.3) is 0 Å². The topological polar surface area (TPSA) is 15.3 Å². The lowest BCUT2D eigenvalue weighted by Crippen LogP contribution is -2.23. The Balaban J connectivity index is 1.78. The summed E-state index contributed by atoms with van der Waals surface area (Å²) in [5, 5.41) is 3.48. The van der Waals surface area contributed by atoms with E-state index in [1.807, 2.05) is 11.3 Å². The molecule has 0 bridgehead atoms. The van der Waals surface area contributed by atoms with E-state index in [0.717, 1.165) is 13.1 Å². The first-order chi connectivity index (χ1) is 8.88. The first kappa shape index (κ1) is 14.0. The molecule has 1 N–H and O–H groups in total. The summed E-state index contributed by atoms with van der Waals surface area (Å²) in [6.07, 6.45) is 6.83. The molecule has 3 heteroatoms. The van der Waals surface area contributed by atoms with Gasteiger partial charge in [-0.25, -0.2) is 0 Å². The minimum atomic E-state index is 1.04. The van der Waals surface area contributed by atoms with Crippen molar-refractivity contribution in [2.45, 2.75) is 52.1 Å². The smallest absolute Gasteiger partial charge is 0.0328 e. The molecule has 0 saturated carbocycles. The van der Waals surface area contributed by atoms with Gasteiger partial charge < -0.3 is 5.32 Å². The van der Waals surface area contributed by atoms with Crippen LogP contribution in [0.2, 0.25) is 0 Å². The van der Waals surface area contributed by atoms with E-state index in [1.165, 1.54) is 61.5 Å². The Morgan fingerprint density at radius 2 is 1.83 bits per heavy atom.